The Morgan fingerprint density at radius 2 is 1.94 bits per heavy atom. The van der Waals surface area contributed by atoms with Crippen LogP contribution in [-0.4, -0.2) is 14.9 Å². The first-order valence-corrected chi connectivity index (χ1v) is 9.44. The second kappa shape index (κ2) is 5.82. The van der Waals surface area contributed by atoms with Crippen molar-refractivity contribution >= 4 is 19.9 Å². The molecule has 0 fully saturated rings. The number of nitrogens with two attached hydrogens (primary N) is 1. The van der Waals surface area contributed by atoms with E-state index in [1.165, 1.54) is 0 Å². The maximum atomic E-state index is 6.07. The molecule has 0 amide bonds. The van der Waals surface area contributed by atoms with Gasteiger partial charge in [-0.25, -0.2) is 0 Å². The molecule has 0 unspecified atom stereocenters. The quantitative estimate of drug-likeness (QED) is 0.649. The lowest BCUT2D eigenvalue weighted by Crippen LogP contribution is -2.31. The normalized spacial score (nSPS) is 13.8. The highest BCUT2D eigenvalue weighted by molar-refractivity contribution is 6.69. The molecule has 1 aromatic carbocycles. The molecule has 1 atom stereocenters. The Balaban J connectivity index is 2.94. The largest absolute Gasteiger partial charge is 0.409 e. The minimum Gasteiger partial charge on any atom is -0.409 e. The Hall–Kier alpha value is -0.353. The molecule has 0 aliphatic heterocycles. The van der Waals surface area contributed by atoms with Crippen molar-refractivity contribution in [2.45, 2.75) is 31.6 Å². The second-order valence-electron chi connectivity index (χ2n) is 4.79. The summed E-state index contributed by atoms with van der Waals surface area (Å²) >= 11 is 5.92. The van der Waals surface area contributed by atoms with E-state index in [0.29, 0.717) is 12.4 Å². The monoisotopic (exact) mass is 257 g/mol. The van der Waals surface area contributed by atoms with Crippen LogP contribution in [0, 0.1) is 0 Å². The lowest BCUT2D eigenvalue weighted by atomic mass is 10.0. The molecule has 0 spiro atoms. The molecule has 16 heavy (non-hydrogen) atoms. The van der Waals surface area contributed by atoms with Gasteiger partial charge in [-0.05, 0) is 30.8 Å². The van der Waals surface area contributed by atoms with E-state index in [1.807, 2.05) is 18.2 Å². The molecule has 0 saturated heterocycles. The molecule has 0 heterocycles. The lowest BCUT2D eigenvalue weighted by Gasteiger charge is -2.27. The standard InChI is InChI=1S/C12H20ClNOSi/c1-16(2,3)15-12(9-14)11-7-5-4-6-10(11)8-13/h4-7,12H,8-9,14H2,1-3H3/t12-/m0/s1. The average molecular weight is 258 g/mol. The highest BCUT2D eigenvalue weighted by atomic mass is 35.5. The molecular formula is C12H20ClNOSi. The maximum absolute atomic E-state index is 6.07. The van der Waals surface area contributed by atoms with Gasteiger partial charge in [0.05, 0.1) is 6.10 Å². The van der Waals surface area contributed by atoms with Crippen molar-refractivity contribution < 1.29 is 4.43 Å². The Bertz CT molecular complexity index is 338. The summed E-state index contributed by atoms with van der Waals surface area (Å²) in [6, 6.07) is 8.07. The average Bonchev–Trinajstić information content (AvgIpc) is 2.24. The molecule has 0 aliphatic carbocycles. The third-order valence-electron chi connectivity index (χ3n) is 2.26. The van der Waals surface area contributed by atoms with Crippen molar-refractivity contribution in [1.29, 1.82) is 0 Å². The molecule has 1 rings (SSSR count). The van der Waals surface area contributed by atoms with Crippen LogP contribution >= 0.6 is 11.6 Å². The molecule has 0 bridgehead atoms. The summed E-state index contributed by atoms with van der Waals surface area (Å²) in [5.41, 5.74) is 8.03. The van der Waals surface area contributed by atoms with Crippen molar-refractivity contribution in [3.05, 3.63) is 35.4 Å². The zero-order chi connectivity index (χ0) is 12.2. The van der Waals surface area contributed by atoms with Gasteiger partial charge >= 0.3 is 0 Å². The van der Waals surface area contributed by atoms with Crippen LogP contribution in [-0.2, 0) is 10.3 Å². The molecule has 2 N–H and O–H groups in total. The van der Waals surface area contributed by atoms with Gasteiger partial charge in [-0.2, -0.15) is 0 Å². The first kappa shape index (κ1) is 13.7. The van der Waals surface area contributed by atoms with Crippen molar-refractivity contribution in [3.8, 4) is 0 Å². The van der Waals surface area contributed by atoms with E-state index in [2.05, 4.69) is 25.7 Å². The van der Waals surface area contributed by atoms with Crippen LogP contribution in [0.25, 0.3) is 0 Å². The fraction of sp³-hybridized carbons (Fsp3) is 0.500. The number of rotatable bonds is 5. The van der Waals surface area contributed by atoms with E-state index in [-0.39, 0.29) is 6.10 Å². The zero-order valence-electron chi connectivity index (χ0n) is 10.2. The van der Waals surface area contributed by atoms with E-state index < -0.39 is 8.32 Å². The molecule has 0 aromatic heterocycles. The first-order valence-electron chi connectivity index (χ1n) is 5.49. The minimum absolute atomic E-state index is 0.0263. The van der Waals surface area contributed by atoms with Crippen LogP contribution in [0.15, 0.2) is 24.3 Å². The summed E-state index contributed by atoms with van der Waals surface area (Å²) in [6.45, 7) is 7.00. The maximum Gasteiger partial charge on any atom is 0.184 e. The van der Waals surface area contributed by atoms with Crippen LogP contribution in [0.1, 0.15) is 17.2 Å². The van der Waals surface area contributed by atoms with E-state index in [4.69, 9.17) is 21.8 Å². The van der Waals surface area contributed by atoms with Crippen LogP contribution in [0.3, 0.4) is 0 Å². The van der Waals surface area contributed by atoms with Crippen LogP contribution in [0.5, 0.6) is 0 Å². The molecule has 0 aliphatic rings. The van der Waals surface area contributed by atoms with E-state index >= 15 is 0 Å². The highest BCUT2D eigenvalue weighted by Crippen LogP contribution is 2.25. The van der Waals surface area contributed by atoms with Gasteiger partial charge in [0, 0.05) is 12.4 Å². The molecule has 0 radical (unpaired) electrons. The highest BCUT2D eigenvalue weighted by Gasteiger charge is 2.22. The summed E-state index contributed by atoms with van der Waals surface area (Å²) in [6.07, 6.45) is -0.0263. The minimum atomic E-state index is -1.58. The number of hydrogen-bond acceptors (Lipinski definition) is 2. The summed E-state index contributed by atoms with van der Waals surface area (Å²) in [5.74, 6) is 0.502. The number of alkyl halides is 1. The third kappa shape index (κ3) is 3.90. The van der Waals surface area contributed by atoms with Gasteiger partial charge in [-0.1, -0.05) is 24.3 Å². The molecule has 4 heteroatoms. The first-order chi connectivity index (χ1) is 7.48. The third-order valence-corrected chi connectivity index (χ3v) is 3.54. The molecule has 2 nitrogen and oxygen atoms in total. The van der Waals surface area contributed by atoms with E-state index in [1.54, 1.807) is 0 Å². The Morgan fingerprint density at radius 1 is 1.31 bits per heavy atom. The Morgan fingerprint density at radius 3 is 2.44 bits per heavy atom. The van der Waals surface area contributed by atoms with Gasteiger partial charge in [0.25, 0.3) is 0 Å². The number of halogens is 1. The number of benzene rings is 1. The molecule has 90 valence electrons. The molecule has 1 aromatic rings. The summed E-state index contributed by atoms with van der Waals surface area (Å²) in [4.78, 5) is 0. The predicted molar refractivity (Wildman–Crippen MR) is 72.2 cm³/mol. The molecule has 0 saturated carbocycles. The van der Waals surface area contributed by atoms with Crippen LogP contribution < -0.4 is 5.73 Å². The van der Waals surface area contributed by atoms with E-state index in [9.17, 15) is 0 Å². The van der Waals surface area contributed by atoms with Crippen LogP contribution in [0.2, 0.25) is 19.6 Å². The van der Waals surface area contributed by atoms with Crippen molar-refractivity contribution in [2.75, 3.05) is 6.54 Å². The topological polar surface area (TPSA) is 35.2 Å². The van der Waals surface area contributed by atoms with Crippen molar-refractivity contribution in [2.24, 2.45) is 5.73 Å². The van der Waals surface area contributed by atoms with Crippen LogP contribution in [0.4, 0.5) is 0 Å². The molecular weight excluding hydrogens is 238 g/mol. The Labute approximate surface area is 104 Å². The van der Waals surface area contributed by atoms with Crippen molar-refractivity contribution in [3.63, 3.8) is 0 Å². The Kier molecular flexibility index (Phi) is 4.99. The number of hydrogen-bond donors (Lipinski definition) is 1. The summed E-state index contributed by atoms with van der Waals surface area (Å²) < 4.78 is 6.07. The van der Waals surface area contributed by atoms with Gasteiger partial charge in [0.2, 0.25) is 0 Å². The van der Waals surface area contributed by atoms with Gasteiger partial charge in [-0.3, -0.25) is 0 Å². The van der Waals surface area contributed by atoms with Gasteiger partial charge in [-0.15, -0.1) is 11.6 Å². The smallest absolute Gasteiger partial charge is 0.184 e. The van der Waals surface area contributed by atoms with E-state index in [0.717, 1.165) is 11.1 Å². The fourth-order valence-electron chi connectivity index (χ4n) is 1.64. The predicted octanol–water partition coefficient (Wildman–Crippen LogP) is 3.28. The van der Waals surface area contributed by atoms with Gasteiger partial charge in [0.1, 0.15) is 0 Å². The lowest BCUT2D eigenvalue weighted by molar-refractivity contribution is 0.205. The summed E-state index contributed by atoms with van der Waals surface area (Å²) in [7, 11) is -1.58. The second-order valence-corrected chi connectivity index (χ2v) is 9.51. The van der Waals surface area contributed by atoms with Gasteiger partial charge < -0.3 is 10.2 Å². The van der Waals surface area contributed by atoms with Gasteiger partial charge in [0.15, 0.2) is 8.32 Å². The van der Waals surface area contributed by atoms with Crippen molar-refractivity contribution in [1.82, 2.24) is 0 Å². The SMILES string of the molecule is C[Si](C)(C)O[C@@H](CN)c1ccccc1CCl. The zero-order valence-corrected chi connectivity index (χ0v) is 11.9. The fourth-order valence-corrected chi connectivity index (χ4v) is 2.96. The summed E-state index contributed by atoms with van der Waals surface area (Å²) in [5, 5.41) is 0.